The molecule has 1 aromatic rings. The first-order valence-corrected chi connectivity index (χ1v) is 6.30. The van der Waals surface area contributed by atoms with Crippen molar-refractivity contribution >= 4 is 33.6 Å². The predicted molar refractivity (Wildman–Crippen MR) is 72.7 cm³/mol. The zero-order valence-electron chi connectivity index (χ0n) is 10.2. The summed E-state index contributed by atoms with van der Waals surface area (Å²) in [6, 6.07) is 4.01. The van der Waals surface area contributed by atoms with Gasteiger partial charge in [-0.2, -0.15) is 0 Å². The lowest BCUT2D eigenvalue weighted by Crippen LogP contribution is -2.42. The van der Waals surface area contributed by atoms with Gasteiger partial charge < -0.3 is 15.7 Å². The number of carbonyl (C=O) groups is 2. The summed E-state index contributed by atoms with van der Waals surface area (Å²) in [6.07, 6.45) is 0.334. The number of aliphatic carboxylic acids is 1. The number of urea groups is 1. The number of carboxylic acids is 1. The number of nitrogens with one attached hydrogen (secondary N) is 2. The summed E-state index contributed by atoms with van der Waals surface area (Å²) < 4.78 is 0.880. The van der Waals surface area contributed by atoms with Crippen LogP contribution in [-0.4, -0.2) is 23.1 Å². The van der Waals surface area contributed by atoms with Crippen LogP contribution in [0.5, 0.6) is 0 Å². The Hall–Kier alpha value is -1.56. The molecule has 18 heavy (non-hydrogen) atoms. The topological polar surface area (TPSA) is 78.4 Å². The molecule has 1 aromatic carbocycles. The molecule has 0 aliphatic rings. The molecule has 6 heteroatoms. The first-order chi connectivity index (χ1) is 8.45. The van der Waals surface area contributed by atoms with E-state index in [2.05, 4.69) is 26.6 Å². The molecule has 0 aromatic heterocycles. The van der Waals surface area contributed by atoms with Crippen molar-refractivity contribution < 1.29 is 14.7 Å². The number of carbonyl (C=O) groups excluding carboxylic acids is 1. The average molecular weight is 315 g/mol. The van der Waals surface area contributed by atoms with Gasteiger partial charge in [0.2, 0.25) is 0 Å². The van der Waals surface area contributed by atoms with E-state index in [9.17, 15) is 9.59 Å². The van der Waals surface area contributed by atoms with Crippen LogP contribution in [0.25, 0.3) is 0 Å². The molecular weight excluding hydrogens is 300 g/mol. The van der Waals surface area contributed by atoms with Gasteiger partial charge >= 0.3 is 12.0 Å². The molecule has 0 saturated heterocycles. The first-order valence-electron chi connectivity index (χ1n) is 5.51. The Kier molecular flexibility index (Phi) is 5.15. The molecule has 2 amide bonds. The summed E-state index contributed by atoms with van der Waals surface area (Å²) in [5.41, 5.74) is 1.53. The van der Waals surface area contributed by atoms with Crippen molar-refractivity contribution in [1.29, 1.82) is 0 Å². The number of hydrogen-bond acceptors (Lipinski definition) is 2. The van der Waals surface area contributed by atoms with Crippen molar-refractivity contribution in [3.8, 4) is 0 Å². The molecular formula is C12H15BrN2O3. The van der Waals surface area contributed by atoms with Crippen LogP contribution < -0.4 is 10.6 Å². The molecule has 1 unspecified atom stereocenters. The Morgan fingerprint density at radius 3 is 2.67 bits per heavy atom. The van der Waals surface area contributed by atoms with Gasteiger partial charge in [-0.25, -0.2) is 9.59 Å². The molecule has 5 nitrogen and oxygen atoms in total. The normalized spacial score (nSPS) is 11.7. The number of rotatable bonds is 4. The van der Waals surface area contributed by atoms with Crippen molar-refractivity contribution in [2.45, 2.75) is 26.3 Å². The van der Waals surface area contributed by atoms with E-state index >= 15 is 0 Å². The molecule has 0 radical (unpaired) electrons. The first kappa shape index (κ1) is 14.5. The molecule has 0 heterocycles. The number of carboxylic acid groups (broad SMARTS) is 1. The molecule has 1 rings (SSSR count). The predicted octanol–water partition coefficient (Wildman–Crippen LogP) is 2.74. The zero-order chi connectivity index (χ0) is 13.7. The second-order valence-corrected chi connectivity index (χ2v) is 4.66. The number of halogens is 1. The van der Waals surface area contributed by atoms with Crippen molar-refractivity contribution in [2.24, 2.45) is 0 Å². The molecule has 1 atom stereocenters. The Balaban J connectivity index is 2.70. The highest BCUT2D eigenvalue weighted by Crippen LogP contribution is 2.23. The molecule has 0 spiro atoms. The quantitative estimate of drug-likeness (QED) is 0.799. The maximum absolute atomic E-state index is 11.6. The summed E-state index contributed by atoms with van der Waals surface area (Å²) in [5.74, 6) is -1.04. The minimum Gasteiger partial charge on any atom is -0.480 e. The second kappa shape index (κ2) is 6.39. The van der Waals surface area contributed by atoms with Crippen LogP contribution in [-0.2, 0) is 4.79 Å². The lowest BCUT2D eigenvalue weighted by Gasteiger charge is -2.14. The number of amides is 2. The van der Waals surface area contributed by atoms with Crippen LogP contribution in [0.2, 0.25) is 0 Å². The maximum atomic E-state index is 11.6. The SMILES string of the molecule is CCC(NC(=O)Nc1cccc(Br)c1C)C(=O)O. The van der Waals surface area contributed by atoms with Crippen molar-refractivity contribution in [2.75, 3.05) is 5.32 Å². The smallest absolute Gasteiger partial charge is 0.326 e. The van der Waals surface area contributed by atoms with Crippen molar-refractivity contribution in [3.05, 3.63) is 28.2 Å². The fourth-order valence-electron chi connectivity index (χ4n) is 1.40. The fraction of sp³-hybridized carbons (Fsp3) is 0.333. The standard InChI is InChI=1S/C12H15BrN2O3/c1-3-9(11(16)17)14-12(18)15-10-6-4-5-8(13)7(10)2/h4-6,9H,3H2,1-2H3,(H,16,17)(H2,14,15,18). The summed E-state index contributed by atoms with van der Waals surface area (Å²) in [7, 11) is 0. The third-order valence-electron chi connectivity index (χ3n) is 2.53. The zero-order valence-corrected chi connectivity index (χ0v) is 11.7. The Labute approximate surface area is 114 Å². The summed E-state index contributed by atoms with van der Waals surface area (Å²) in [6.45, 7) is 3.55. The van der Waals surface area contributed by atoms with Crippen LogP contribution in [0, 0.1) is 6.92 Å². The third kappa shape index (κ3) is 3.73. The van der Waals surface area contributed by atoms with E-state index in [-0.39, 0.29) is 0 Å². The van der Waals surface area contributed by atoms with Gasteiger partial charge in [-0.15, -0.1) is 0 Å². The molecule has 0 saturated carbocycles. The highest BCUT2D eigenvalue weighted by atomic mass is 79.9. The van der Waals surface area contributed by atoms with E-state index in [1.807, 2.05) is 13.0 Å². The highest BCUT2D eigenvalue weighted by molar-refractivity contribution is 9.10. The van der Waals surface area contributed by atoms with Gasteiger partial charge in [-0.3, -0.25) is 0 Å². The lowest BCUT2D eigenvalue weighted by atomic mass is 10.2. The second-order valence-electron chi connectivity index (χ2n) is 3.81. The fourth-order valence-corrected chi connectivity index (χ4v) is 1.76. The Morgan fingerprint density at radius 2 is 2.11 bits per heavy atom. The van der Waals surface area contributed by atoms with E-state index in [1.54, 1.807) is 19.1 Å². The lowest BCUT2D eigenvalue weighted by molar-refractivity contribution is -0.139. The number of anilines is 1. The van der Waals surface area contributed by atoms with Crippen LogP contribution in [0.1, 0.15) is 18.9 Å². The van der Waals surface area contributed by atoms with Gasteiger partial charge in [-0.1, -0.05) is 28.9 Å². The van der Waals surface area contributed by atoms with E-state index < -0.39 is 18.0 Å². The summed E-state index contributed by atoms with van der Waals surface area (Å²) >= 11 is 3.36. The monoisotopic (exact) mass is 314 g/mol. The third-order valence-corrected chi connectivity index (χ3v) is 3.39. The van der Waals surface area contributed by atoms with Crippen LogP contribution in [0.3, 0.4) is 0 Å². The molecule has 0 aliphatic carbocycles. The minimum atomic E-state index is -1.04. The van der Waals surface area contributed by atoms with Crippen LogP contribution in [0.15, 0.2) is 22.7 Å². The minimum absolute atomic E-state index is 0.334. The van der Waals surface area contributed by atoms with E-state index in [0.717, 1.165) is 10.0 Å². The molecule has 0 fully saturated rings. The van der Waals surface area contributed by atoms with Crippen LogP contribution in [0.4, 0.5) is 10.5 Å². The van der Waals surface area contributed by atoms with Gasteiger partial charge in [0.1, 0.15) is 6.04 Å². The Morgan fingerprint density at radius 1 is 1.44 bits per heavy atom. The van der Waals surface area contributed by atoms with Gasteiger partial charge in [-0.05, 0) is 31.0 Å². The average Bonchev–Trinajstić information content (AvgIpc) is 2.31. The Bertz CT molecular complexity index is 463. The van der Waals surface area contributed by atoms with Gasteiger partial charge in [0.25, 0.3) is 0 Å². The summed E-state index contributed by atoms with van der Waals surface area (Å²) in [4.78, 5) is 22.4. The van der Waals surface area contributed by atoms with Crippen molar-refractivity contribution in [1.82, 2.24) is 5.32 Å². The molecule has 0 bridgehead atoms. The van der Waals surface area contributed by atoms with E-state index in [0.29, 0.717) is 12.1 Å². The molecule has 3 N–H and O–H groups in total. The highest BCUT2D eigenvalue weighted by Gasteiger charge is 2.17. The van der Waals surface area contributed by atoms with E-state index in [1.165, 1.54) is 0 Å². The largest absolute Gasteiger partial charge is 0.480 e. The summed E-state index contributed by atoms with van der Waals surface area (Å²) in [5, 5.41) is 13.9. The van der Waals surface area contributed by atoms with Crippen molar-refractivity contribution in [3.63, 3.8) is 0 Å². The number of benzene rings is 1. The van der Waals surface area contributed by atoms with Gasteiger partial charge in [0.15, 0.2) is 0 Å². The van der Waals surface area contributed by atoms with Gasteiger partial charge in [0, 0.05) is 10.2 Å². The van der Waals surface area contributed by atoms with Gasteiger partial charge in [0.05, 0.1) is 0 Å². The molecule has 0 aliphatic heterocycles. The van der Waals surface area contributed by atoms with Crippen LogP contribution >= 0.6 is 15.9 Å². The number of hydrogen-bond donors (Lipinski definition) is 3. The molecule has 98 valence electrons. The van der Waals surface area contributed by atoms with E-state index in [4.69, 9.17) is 5.11 Å². The maximum Gasteiger partial charge on any atom is 0.326 e.